The molecule has 8 nitrogen and oxygen atoms in total. The summed E-state index contributed by atoms with van der Waals surface area (Å²) in [4.78, 5) is 24.9. The van der Waals surface area contributed by atoms with Crippen molar-refractivity contribution in [2.75, 3.05) is 24.5 Å². The van der Waals surface area contributed by atoms with Gasteiger partial charge in [0.05, 0.1) is 35.2 Å². The lowest BCUT2D eigenvalue weighted by Gasteiger charge is -2.36. The molecule has 9 heteroatoms. The number of hydrogen-bond donors (Lipinski definition) is 2. The van der Waals surface area contributed by atoms with E-state index in [0.717, 1.165) is 6.07 Å². The third-order valence-corrected chi connectivity index (χ3v) is 6.03. The Morgan fingerprint density at radius 3 is 2.89 bits per heavy atom. The maximum absolute atomic E-state index is 13.5. The van der Waals surface area contributed by atoms with Crippen molar-refractivity contribution < 1.29 is 24.0 Å². The minimum atomic E-state index is -0.727. The van der Waals surface area contributed by atoms with Crippen molar-refractivity contribution >= 4 is 17.3 Å². The Kier molecular flexibility index (Phi) is 4.51. The molecule has 3 aliphatic rings. The number of fused-ring (bicyclic) bond motifs is 4. The molecule has 27 heavy (non-hydrogen) atoms. The largest absolute Gasteiger partial charge is 0.390 e. The van der Waals surface area contributed by atoms with Crippen molar-refractivity contribution in [3.05, 3.63) is 34.1 Å². The van der Waals surface area contributed by atoms with E-state index in [1.807, 2.05) is 6.92 Å². The minimum Gasteiger partial charge on any atom is -0.390 e. The molecule has 6 atom stereocenters. The third-order valence-electron chi connectivity index (χ3n) is 6.03. The molecule has 2 N–H and O–H groups in total. The second-order valence-corrected chi connectivity index (χ2v) is 7.49. The molecule has 3 aliphatic heterocycles. The van der Waals surface area contributed by atoms with Gasteiger partial charge in [-0.3, -0.25) is 14.9 Å². The van der Waals surface area contributed by atoms with Gasteiger partial charge in [0.15, 0.2) is 0 Å². The van der Waals surface area contributed by atoms with Gasteiger partial charge in [0, 0.05) is 31.5 Å². The Balaban J connectivity index is 1.61. The van der Waals surface area contributed by atoms with Crippen molar-refractivity contribution in [1.29, 1.82) is 0 Å². The van der Waals surface area contributed by atoms with Crippen LogP contribution in [-0.2, 0) is 9.53 Å². The molecular formula is C18H22FN3O5. The fourth-order valence-electron chi connectivity index (χ4n) is 4.86. The Bertz CT molecular complexity index is 775. The number of halogens is 1. The number of anilines is 1. The molecule has 0 saturated carbocycles. The Hall–Kier alpha value is -2.26. The molecule has 0 radical (unpaired) electrons. The second kappa shape index (κ2) is 6.72. The maximum atomic E-state index is 13.5. The van der Waals surface area contributed by atoms with Gasteiger partial charge in [0.25, 0.3) is 5.69 Å². The van der Waals surface area contributed by atoms with Crippen LogP contribution in [0.5, 0.6) is 0 Å². The van der Waals surface area contributed by atoms with Crippen LogP contribution in [-0.4, -0.2) is 53.9 Å². The summed E-state index contributed by atoms with van der Waals surface area (Å²) in [5.41, 5.74) is 0.0305. The predicted octanol–water partition coefficient (Wildman–Crippen LogP) is 1.07. The number of ether oxygens (including phenoxy) is 1. The molecule has 1 amide bonds. The number of nitro benzene ring substituents is 1. The van der Waals surface area contributed by atoms with Crippen LogP contribution in [0.3, 0.4) is 0 Å². The zero-order valence-corrected chi connectivity index (χ0v) is 14.9. The molecule has 0 aromatic heterocycles. The van der Waals surface area contributed by atoms with E-state index in [9.17, 15) is 24.4 Å². The van der Waals surface area contributed by atoms with E-state index in [1.165, 1.54) is 12.1 Å². The molecule has 2 bridgehead atoms. The molecule has 4 rings (SSSR count). The van der Waals surface area contributed by atoms with Crippen molar-refractivity contribution in [1.82, 2.24) is 5.32 Å². The van der Waals surface area contributed by atoms with Gasteiger partial charge in [0.2, 0.25) is 5.91 Å². The molecule has 3 saturated heterocycles. The van der Waals surface area contributed by atoms with Gasteiger partial charge in [-0.1, -0.05) is 0 Å². The number of nitro groups is 1. The van der Waals surface area contributed by atoms with Gasteiger partial charge in [0.1, 0.15) is 11.5 Å². The van der Waals surface area contributed by atoms with Crippen LogP contribution in [0.15, 0.2) is 18.2 Å². The minimum absolute atomic E-state index is 0.0796. The molecule has 146 valence electrons. The fourth-order valence-corrected chi connectivity index (χ4v) is 4.86. The number of rotatable bonds is 4. The molecule has 0 spiro atoms. The molecule has 1 unspecified atom stereocenters. The first kappa shape index (κ1) is 18.1. The Morgan fingerprint density at radius 2 is 2.19 bits per heavy atom. The summed E-state index contributed by atoms with van der Waals surface area (Å²) in [5.74, 6) is -1.33. The molecule has 0 aliphatic carbocycles. The number of carbonyl (C=O) groups is 1. The van der Waals surface area contributed by atoms with Crippen LogP contribution in [0, 0.1) is 33.7 Å². The van der Waals surface area contributed by atoms with Gasteiger partial charge < -0.3 is 20.1 Å². The highest BCUT2D eigenvalue weighted by molar-refractivity contribution is 5.79. The van der Waals surface area contributed by atoms with Gasteiger partial charge in [-0.15, -0.1) is 0 Å². The summed E-state index contributed by atoms with van der Waals surface area (Å²) in [5, 5.41) is 24.9. The number of aliphatic hydroxyl groups is 1. The highest BCUT2D eigenvalue weighted by Gasteiger charge is 2.58. The monoisotopic (exact) mass is 379 g/mol. The van der Waals surface area contributed by atoms with Gasteiger partial charge in [-0.25, -0.2) is 4.39 Å². The van der Waals surface area contributed by atoms with Crippen LogP contribution in [0.2, 0.25) is 0 Å². The number of amides is 1. The predicted molar refractivity (Wildman–Crippen MR) is 93.7 cm³/mol. The topological polar surface area (TPSA) is 105 Å². The van der Waals surface area contributed by atoms with E-state index in [2.05, 4.69) is 5.32 Å². The Morgan fingerprint density at radius 1 is 1.44 bits per heavy atom. The van der Waals surface area contributed by atoms with Crippen LogP contribution in [0.1, 0.15) is 13.3 Å². The highest BCUT2D eigenvalue weighted by atomic mass is 19.1. The first-order valence-electron chi connectivity index (χ1n) is 9.20. The SMILES string of the molecule is CCNC(=O)C1C[C@@H]2O[C@H]1[C@H]1CN(c3ccc(F)cc3[N+](=O)[O-])C[C@H]1[C@@H]2O. The van der Waals surface area contributed by atoms with E-state index in [1.54, 1.807) is 4.90 Å². The van der Waals surface area contributed by atoms with Gasteiger partial charge >= 0.3 is 0 Å². The summed E-state index contributed by atoms with van der Waals surface area (Å²) in [6.07, 6.45) is -0.955. The average molecular weight is 379 g/mol. The van der Waals surface area contributed by atoms with E-state index < -0.39 is 22.9 Å². The summed E-state index contributed by atoms with van der Waals surface area (Å²) < 4.78 is 19.4. The van der Waals surface area contributed by atoms with Gasteiger partial charge in [-0.2, -0.15) is 0 Å². The van der Waals surface area contributed by atoms with Gasteiger partial charge in [-0.05, 0) is 25.5 Å². The normalized spacial score (nSPS) is 34.4. The lowest BCUT2D eigenvalue weighted by atomic mass is 9.83. The zero-order valence-electron chi connectivity index (χ0n) is 14.9. The second-order valence-electron chi connectivity index (χ2n) is 7.49. The maximum Gasteiger partial charge on any atom is 0.295 e. The van der Waals surface area contributed by atoms with E-state index in [4.69, 9.17) is 4.74 Å². The van der Waals surface area contributed by atoms with E-state index in [-0.39, 0.29) is 35.5 Å². The first-order chi connectivity index (χ1) is 12.9. The average Bonchev–Trinajstić information content (AvgIpc) is 3.24. The molecular weight excluding hydrogens is 357 g/mol. The van der Waals surface area contributed by atoms with Crippen molar-refractivity contribution in [2.45, 2.75) is 31.7 Å². The third kappa shape index (κ3) is 2.94. The lowest BCUT2D eigenvalue weighted by molar-refractivity contribution is -0.384. The zero-order chi connectivity index (χ0) is 19.3. The molecule has 1 aromatic carbocycles. The summed E-state index contributed by atoms with van der Waals surface area (Å²) in [6, 6.07) is 3.51. The van der Waals surface area contributed by atoms with Crippen LogP contribution in [0.25, 0.3) is 0 Å². The summed E-state index contributed by atoms with van der Waals surface area (Å²) in [6.45, 7) is 3.21. The van der Waals surface area contributed by atoms with Crippen LogP contribution < -0.4 is 10.2 Å². The van der Waals surface area contributed by atoms with Crippen LogP contribution >= 0.6 is 0 Å². The molecule has 3 heterocycles. The number of benzene rings is 1. The molecule has 1 aromatic rings. The lowest BCUT2D eigenvalue weighted by Crippen LogP contribution is -2.47. The van der Waals surface area contributed by atoms with Crippen LogP contribution in [0.4, 0.5) is 15.8 Å². The standard InChI is InChI=1S/C18H22FN3O5/c1-2-20-18(24)10-6-15-16(23)11-7-21(8-12(11)17(10)27-15)13-4-3-9(19)5-14(13)22(25)26/h3-5,10-12,15-17,23H,2,6-8H2,1H3,(H,20,24)/t10?,11-,12+,15+,16+,17-/m1/s1. The number of carbonyl (C=O) groups excluding carboxylic acids is 1. The Labute approximate surface area is 155 Å². The number of nitrogens with zero attached hydrogens (tertiary/aromatic N) is 2. The quantitative estimate of drug-likeness (QED) is 0.599. The summed E-state index contributed by atoms with van der Waals surface area (Å²) in [7, 11) is 0. The van der Waals surface area contributed by atoms with E-state index >= 15 is 0 Å². The highest BCUT2D eigenvalue weighted by Crippen LogP contribution is 2.48. The smallest absolute Gasteiger partial charge is 0.295 e. The van der Waals surface area contributed by atoms with Crippen molar-refractivity contribution in [2.24, 2.45) is 17.8 Å². The fraction of sp³-hybridized carbons (Fsp3) is 0.611. The summed E-state index contributed by atoms with van der Waals surface area (Å²) >= 11 is 0. The van der Waals surface area contributed by atoms with E-state index in [0.29, 0.717) is 31.7 Å². The number of aliphatic hydroxyl groups excluding tert-OH is 1. The van der Waals surface area contributed by atoms with Crippen molar-refractivity contribution in [3.63, 3.8) is 0 Å². The molecule has 3 fully saturated rings. The van der Waals surface area contributed by atoms with Crippen molar-refractivity contribution in [3.8, 4) is 0 Å². The number of hydrogen-bond acceptors (Lipinski definition) is 6. The number of nitrogens with one attached hydrogen (secondary N) is 1. The first-order valence-corrected chi connectivity index (χ1v) is 9.20.